The van der Waals surface area contributed by atoms with Gasteiger partial charge in [-0.1, -0.05) is 30.3 Å². The van der Waals surface area contributed by atoms with Gasteiger partial charge in [-0.25, -0.2) is 0 Å². The molecule has 3 aromatic rings. The Kier molecular flexibility index (Phi) is 8.18. The largest absolute Gasteiger partial charge is 0.493 e. The molecular weight excluding hydrogens is 472 g/mol. The van der Waals surface area contributed by atoms with Gasteiger partial charge < -0.3 is 29.2 Å². The van der Waals surface area contributed by atoms with Crippen LogP contribution in [0.4, 0.5) is 0 Å². The van der Waals surface area contributed by atoms with Gasteiger partial charge in [0.05, 0.1) is 27.9 Å². The van der Waals surface area contributed by atoms with Crippen molar-refractivity contribution in [1.82, 2.24) is 10.2 Å². The van der Waals surface area contributed by atoms with Gasteiger partial charge in [0.15, 0.2) is 23.0 Å². The number of methoxy groups -OCH3 is 3. The first-order valence-electron chi connectivity index (χ1n) is 12.2. The molecule has 37 heavy (non-hydrogen) atoms. The van der Waals surface area contributed by atoms with E-state index >= 15 is 0 Å². The zero-order valence-corrected chi connectivity index (χ0v) is 21.6. The number of amides is 2. The second kappa shape index (κ2) is 11.7. The average molecular weight is 505 g/mol. The van der Waals surface area contributed by atoms with Crippen molar-refractivity contribution in [2.24, 2.45) is 0 Å². The Hall–Kier alpha value is -4.20. The van der Waals surface area contributed by atoms with Gasteiger partial charge in [-0.15, -0.1) is 0 Å². The Morgan fingerprint density at radius 3 is 2.24 bits per heavy atom. The van der Waals surface area contributed by atoms with Gasteiger partial charge in [-0.2, -0.15) is 0 Å². The quantitative estimate of drug-likeness (QED) is 0.422. The van der Waals surface area contributed by atoms with Crippen molar-refractivity contribution in [3.05, 3.63) is 82.9 Å². The number of ether oxygens (including phenoxy) is 4. The van der Waals surface area contributed by atoms with Crippen molar-refractivity contribution in [3.63, 3.8) is 0 Å². The van der Waals surface area contributed by atoms with E-state index in [4.69, 9.17) is 18.9 Å². The molecule has 0 fully saturated rings. The molecule has 0 saturated carbocycles. The summed E-state index contributed by atoms with van der Waals surface area (Å²) >= 11 is 0. The number of carbonyl (C=O) groups is 2. The first kappa shape index (κ1) is 25.9. The van der Waals surface area contributed by atoms with E-state index in [2.05, 4.69) is 5.32 Å². The fraction of sp³-hybridized carbons (Fsp3) is 0.310. The van der Waals surface area contributed by atoms with Crippen molar-refractivity contribution in [3.8, 4) is 23.0 Å². The van der Waals surface area contributed by atoms with Crippen LogP contribution in [0.25, 0.3) is 0 Å². The van der Waals surface area contributed by atoms with Crippen LogP contribution in [0.15, 0.2) is 60.7 Å². The zero-order valence-electron chi connectivity index (χ0n) is 21.6. The Balaban J connectivity index is 1.51. The van der Waals surface area contributed by atoms with Gasteiger partial charge in [0.2, 0.25) is 5.91 Å². The molecule has 4 rings (SSSR count). The van der Waals surface area contributed by atoms with Gasteiger partial charge in [0.1, 0.15) is 6.04 Å². The molecule has 0 bridgehead atoms. The summed E-state index contributed by atoms with van der Waals surface area (Å²) in [6.45, 7) is 3.08. The maximum atomic E-state index is 13.4. The summed E-state index contributed by atoms with van der Waals surface area (Å²) in [4.78, 5) is 28.4. The predicted molar refractivity (Wildman–Crippen MR) is 139 cm³/mol. The fourth-order valence-electron chi connectivity index (χ4n) is 4.56. The minimum Gasteiger partial charge on any atom is -0.493 e. The standard InChI is InChI=1S/C29H32N2O6/c1-5-37-24-13-11-20(17-26(24)36-4)18-31-27(21-8-6-7-9-22(21)29(31)33)28(32)30-15-14-19-10-12-23(34-2)25(16-19)35-3/h6-13,16-17,27H,5,14-15,18H2,1-4H3,(H,30,32). The molecule has 0 saturated heterocycles. The third-order valence-electron chi connectivity index (χ3n) is 6.35. The summed E-state index contributed by atoms with van der Waals surface area (Å²) in [5.41, 5.74) is 3.08. The summed E-state index contributed by atoms with van der Waals surface area (Å²) in [5.74, 6) is 2.10. The van der Waals surface area contributed by atoms with Crippen molar-refractivity contribution >= 4 is 11.8 Å². The zero-order chi connectivity index (χ0) is 26.4. The van der Waals surface area contributed by atoms with E-state index in [1.807, 2.05) is 61.5 Å². The monoisotopic (exact) mass is 504 g/mol. The summed E-state index contributed by atoms with van der Waals surface area (Å²) in [7, 11) is 4.76. The molecule has 3 aromatic carbocycles. The molecule has 8 nitrogen and oxygen atoms in total. The highest BCUT2D eigenvalue weighted by Crippen LogP contribution is 2.36. The minimum atomic E-state index is -0.730. The number of carbonyl (C=O) groups excluding carboxylic acids is 2. The maximum Gasteiger partial charge on any atom is 0.255 e. The summed E-state index contributed by atoms with van der Waals surface area (Å²) in [6.07, 6.45) is 0.602. The lowest BCUT2D eigenvalue weighted by Crippen LogP contribution is -2.39. The van der Waals surface area contributed by atoms with E-state index in [-0.39, 0.29) is 18.4 Å². The second-order valence-corrected chi connectivity index (χ2v) is 8.57. The van der Waals surface area contributed by atoms with Gasteiger partial charge in [0.25, 0.3) is 5.91 Å². The van der Waals surface area contributed by atoms with E-state index in [1.165, 1.54) is 0 Å². The molecule has 1 aliphatic rings. The molecule has 0 radical (unpaired) electrons. The first-order chi connectivity index (χ1) is 18.0. The smallest absolute Gasteiger partial charge is 0.255 e. The molecule has 1 heterocycles. The molecule has 1 atom stereocenters. The molecular formula is C29H32N2O6. The van der Waals surface area contributed by atoms with Gasteiger partial charge >= 0.3 is 0 Å². The molecule has 2 amide bonds. The van der Waals surface area contributed by atoms with Crippen molar-refractivity contribution < 1.29 is 28.5 Å². The number of fused-ring (bicyclic) bond motifs is 1. The molecule has 1 N–H and O–H groups in total. The maximum absolute atomic E-state index is 13.4. The lowest BCUT2D eigenvalue weighted by molar-refractivity contribution is -0.125. The fourth-order valence-corrected chi connectivity index (χ4v) is 4.56. The topological polar surface area (TPSA) is 86.3 Å². The molecule has 0 aromatic heterocycles. The lowest BCUT2D eigenvalue weighted by atomic mass is 10.0. The van der Waals surface area contributed by atoms with E-state index < -0.39 is 6.04 Å². The highest BCUT2D eigenvalue weighted by molar-refractivity contribution is 6.04. The molecule has 0 spiro atoms. The number of hydrogen-bond acceptors (Lipinski definition) is 6. The number of benzene rings is 3. The highest BCUT2D eigenvalue weighted by Gasteiger charge is 2.40. The van der Waals surface area contributed by atoms with E-state index in [0.717, 1.165) is 11.1 Å². The third-order valence-corrected chi connectivity index (χ3v) is 6.35. The second-order valence-electron chi connectivity index (χ2n) is 8.57. The summed E-state index contributed by atoms with van der Waals surface area (Å²) in [5, 5.41) is 3.02. The lowest BCUT2D eigenvalue weighted by Gasteiger charge is -2.25. The minimum absolute atomic E-state index is 0.177. The normalized spacial score (nSPS) is 14.2. The molecule has 194 valence electrons. The van der Waals surface area contributed by atoms with Crippen molar-refractivity contribution in [1.29, 1.82) is 0 Å². The molecule has 1 aliphatic heterocycles. The Labute approximate surface area is 217 Å². The van der Waals surface area contributed by atoms with Crippen LogP contribution >= 0.6 is 0 Å². The van der Waals surface area contributed by atoms with Crippen LogP contribution in [0, 0.1) is 0 Å². The van der Waals surface area contributed by atoms with E-state index in [1.54, 1.807) is 32.3 Å². The Morgan fingerprint density at radius 2 is 1.51 bits per heavy atom. The number of nitrogens with zero attached hydrogens (tertiary/aromatic N) is 1. The number of nitrogens with one attached hydrogen (secondary N) is 1. The number of rotatable bonds is 11. The Morgan fingerprint density at radius 1 is 0.865 bits per heavy atom. The van der Waals surface area contributed by atoms with Crippen molar-refractivity contribution in [2.75, 3.05) is 34.5 Å². The first-order valence-corrected chi connectivity index (χ1v) is 12.2. The predicted octanol–water partition coefficient (Wildman–Crippen LogP) is 4.17. The van der Waals surface area contributed by atoms with Crippen molar-refractivity contribution in [2.45, 2.75) is 25.9 Å². The summed E-state index contributed by atoms with van der Waals surface area (Å²) < 4.78 is 21.7. The van der Waals surface area contributed by atoms with Gasteiger partial charge in [0, 0.05) is 18.7 Å². The van der Waals surface area contributed by atoms with Crippen LogP contribution in [0.5, 0.6) is 23.0 Å². The third kappa shape index (κ3) is 5.48. The van der Waals surface area contributed by atoms with Crippen LogP contribution in [-0.2, 0) is 17.8 Å². The van der Waals surface area contributed by atoms with Crippen LogP contribution in [0.3, 0.4) is 0 Å². The summed E-state index contributed by atoms with van der Waals surface area (Å²) in [6, 6.07) is 17.8. The SMILES string of the molecule is CCOc1ccc(CN2C(=O)c3ccccc3C2C(=O)NCCc2ccc(OC)c(OC)c2)cc1OC. The van der Waals surface area contributed by atoms with Crippen LogP contribution < -0.4 is 24.3 Å². The van der Waals surface area contributed by atoms with Crippen LogP contribution in [-0.4, -0.2) is 51.2 Å². The average Bonchev–Trinajstić information content (AvgIpc) is 3.20. The Bertz CT molecular complexity index is 1280. The van der Waals surface area contributed by atoms with Crippen LogP contribution in [0.2, 0.25) is 0 Å². The van der Waals surface area contributed by atoms with Gasteiger partial charge in [-0.05, 0) is 60.4 Å². The van der Waals surface area contributed by atoms with E-state index in [9.17, 15) is 9.59 Å². The molecule has 0 aliphatic carbocycles. The highest BCUT2D eigenvalue weighted by atomic mass is 16.5. The molecule has 8 heteroatoms. The van der Waals surface area contributed by atoms with Crippen LogP contribution in [0.1, 0.15) is 40.0 Å². The van der Waals surface area contributed by atoms with E-state index in [0.29, 0.717) is 53.7 Å². The number of hydrogen-bond donors (Lipinski definition) is 1. The van der Waals surface area contributed by atoms with Gasteiger partial charge in [-0.3, -0.25) is 9.59 Å². The molecule has 1 unspecified atom stereocenters.